The van der Waals surface area contributed by atoms with Crippen LogP contribution in [0.1, 0.15) is 33.7 Å². The number of hydrogen-bond acceptors (Lipinski definition) is 5. The molecular weight excluding hydrogens is 310 g/mol. The summed E-state index contributed by atoms with van der Waals surface area (Å²) in [5, 5.41) is 9.89. The molecule has 0 aliphatic rings. The molecule has 0 bridgehead atoms. The van der Waals surface area contributed by atoms with E-state index < -0.39 is 0 Å². The number of aryl methyl sites for hydroxylation is 2. The zero-order chi connectivity index (χ0) is 14.5. The summed E-state index contributed by atoms with van der Waals surface area (Å²) in [6, 6.07) is 0. The lowest BCUT2D eigenvalue weighted by Crippen LogP contribution is -2.23. The van der Waals surface area contributed by atoms with Gasteiger partial charge in [-0.1, -0.05) is 6.92 Å². The molecule has 6 nitrogen and oxygen atoms in total. The number of rotatable bonds is 6. The fraction of sp³-hybridized carbons (Fsp3) is 0.462. The highest BCUT2D eigenvalue weighted by Gasteiger charge is 2.12. The summed E-state index contributed by atoms with van der Waals surface area (Å²) < 4.78 is 1.77. The van der Waals surface area contributed by atoms with Crippen molar-refractivity contribution >= 4 is 29.7 Å². The Morgan fingerprint density at radius 1 is 1.52 bits per heavy atom. The molecular formula is C13H20ClN5OS. The van der Waals surface area contributed by atoms with Gasteiger partial charge in [0.25, 0.3) is 5.91 Å². The van der Waals surface area contributed by atoms with Crippen LogP contribution in [0.25, 0.3) is 0 Å². The van der Waals surface area contributed by atoms with E-state index in [4.69, 9.17) is 5.73 Å². The molecule has 21 heavy (non-hydrogen) atoms. The van der Waals surface area contributed by atoms with Gasteiger partial charge in [0.1, 0.15) is 5.69 Å². The zero-order valence-electron chi connectivity index (χ0n) is 12.1. The van der Waals surface area contributed by atoms with Gasteiger partial charge in [-0.25, -0.2) is 4.98 Å². The number of halogens is 1. The van der Waals surface area contributed by atoms with Crippen molar-refractivity contribution in [1.82, 2.24) is 20.1 Å². The molecule has 0 unspecified atom stereocenters. The van der Waals surface area contributed by atoms with Crippen molar-refractivity contribution < 1.29 is 4.79 Å². The summed E-state index contributed by atoms with van der Waals surface area (Å²) in [5.74, 6) is -0.157. The number of nitrogens with one attached hydrogen (secondary N) is 1. The van der Waals surface area contributed by atoms with Crippen LogP contribution in [-0.2, 0) is 26.4 Å². The van der Waals surface area contributed by atoms with Crippen LogP contribution in [0.4, 0.5) is 0 Å². The lowest BCUT2D eigenvalue weighted by atomic mass is 10.2. The molecule has 2 aromatic heterocycles. The Labute approximate surface area is 134 Å². The molecule has 116 valence electrons. The van der Waals surface area contributed by atoms with Crippen LogP contribution in [0, 0.1) is 0 Å². The van der Waals surface area contributed by atoms with Gasteiger partial charge in [-0.15, -0.1) is 23.7 Å². The predicted octanol–water partition coefficient (Wildman–Crippen LogP) is 1.29. The van der Waals surface area contributed by atoms with Crippen LogP contribution in [-0.4, -0.2) is 27.2 Å². The molecule has 3 N–H and O–H groups in total. The molecule has 1 amide bonds. The summed E-state index contributed by atoms with van der Waals surface area (Å²) in [6.07, 6.45) is 3.49. The van der Waals surface area contributed by atoms with Crippen molar-refractivity contribution in [3.63, 3.8) is 0 Å². The second-order valence-corrected chi connectivity index (χ2v) is 5.42. The minimum Gasteiger partial charge on any atom is -0.346 e. The average molecular weight is 330 g/mol. The van der Waals surface area contributed by atoms with Crippen LogP contribution < -0.4 is 11.1 Å². The van der Waals surface area contributed by atoms with E-state index in [-0.39, 0.29) is 18.3 Å². The molecule has 0 aliphatic carbocycles. The van der Waals surface area contributed by atoms with Crippen molar-refractivity contribution in [2.24, 2.45) is 12.8 Å². The first kappa shape index (κ1) is 17.6. The third-order valence-corrected chi connectivity index (χ3v) is 3.82. The Bertz CT molecular complexity index is 595. The Hall–Kier alpha value is -1.44. The molecule has 2 aromatic rings. The van der Waals surface area contributed by atoms with E-state index in [2.05, 4.69) is 15.4 Å². The van der Waals surface area contributed by atoms with Gasteiger partial charge in [-0.2, -0.15) is 5.10 Å². The number of nitrogens with zero attached hydrogens (tertiary/aromatic N) is 3. The van der Waals surface area contributed by atoms with E-state index in [0.717, 1.165) is 22.7 Å². The van der Waals surface area contributed by atoms with Crippen LogP contribution in [0.3, 0.4) is 0 Å². The van der Waals surface area contributed by atoms with Crippen LogP contribution in [0.15, 0.2) is 11.6 Å². The van der Waals surface area contributed by atoms with Crippen molar-refractivity contribution in [2.75, 3.05) is 6.54 Å². The normalized spacial score (nSPS) is 10.2. The van der Waals surface area contributed by atoms with Gasteiger partial charge in [-0.05, 0) is 13.0 Å². The van der Waals surface area contributed by atoms with Crippen molar-refractivity contribution in [2.45, 2.75) is 26.3 Å². The second-order valence-electron chi connectivity index (χ2n) is 4.48. The first-order valence-electron chi connectivity index (χ1n) is 6.58. The first-order chi connectivity index (χ1) is 9.63. The van der Waals surface area contributed by atoms with Gasteiger partial charge in [0.05, 0.1) is 10.7 Å². The molecule has 0 saturated heterocycles. The molecule has 0 radical (unpaired) electrons. The number of amides is 1. The summed E-state index contributed by atoms with van der Waals surface area (Å²) in [4.78, 5) is 16.3. The highest BCUT2D eigenvalue weighted by atomic mass is 35.5. The van der Waals surface area contributed by atoms with Gasteiger partial charge in [0.15, 0.2) is 0 Å². The lowest BCUT2D eigenvalue weighted by Gasteiger charge is -2.02. The molecule has 0 atom stereocenters. The van der Waals surface area contributed by atoms with Gasteiger partial charge < -0.3 is 11.1 Å². The topological polar surface area (TPSA) is 85.8 Å². The molecule has 0 spiro atoms. The number of nitrogens with two attached hydrogens (primary N) is 1. The largest absolute Gasteiger partial charge is 0.346 e. The fourth-order valence-corrected chi connectivity index (χ4v) is 2.74. The maximum absolute atomic E-state index is 12.0. The summed E-state index contributed by atoms with van der Waals surface area (Å²) >= 11 is 1.47. The van der Waals surface area contributed by atoms with Crippen molar-refractivity contribution in [3.05, 3.63) is 33.5 Å². The van der Waals surface area contributed by atoms with E-state index in [1.54, 1.807) is 10.1 Å². The van der Waals surface area contributed by atoms with Gasteiger partial charge in [-0.3, -0.25) is 9.48 Å². The van der Waals surface area contributed by atoms with Crippen LogP contribution in [0.5, 0.6) is 0 Å². The smallest absolute Gasteiger partial charge is 0.271 e. The van der Waals surface area contributed by atoms with Gasteiger partial charge in [0.2, 0.25) is 0 Å². The summed E-state index contributed by atoms with van der Waals surface area (Å²) in [6.45, 7) is 3.07. The Balaban J connectivity index is 0.00000220. The predicted molar refractivity (Wildman–Crippen MR) is 85.9 cm³/mol. The van der Waals surface area contributed by atoms with Gasteiger partial charge in [0, 0.05) is 37.2 Å². The highest BCUT2D eigenvalue weighted by Crippen LogP contribution is 2.11. The monoisotopic (exact) mass is 329 g/mol. The SMILES string of the molecule is CCc1nn(C)cc1CNC(=O)c1csc(CCN)n1.Cl. The number of hydrogen-bond donors (Lipinski definition) is 2. The standard InChI is InChI=1S/C13H19N5OS.ClH/c1-3-10-9(7-18(2)17-10)6-15-13(19)11-8-20-12(16-11)4-5-14;/h7-8H,3-6,14H2,1-2H3,(H,15,19);1H. The Morgan fingerprint density at radius 3 is 2.95 bits per heavy atom. The lowest BCUT2D eigenvalue weighted by molar-refractivity contribution is 0.0946. The van der Waals surface area contributed by atoms with Crippen molar-refractivity contribution in [3.8, 4) is 0 Å². The van der Waals surface area contributed by atoms with Gasteiger partial charge >= 0.3 is 0 Å². The number of carbonyl (C=O) groups is 1. The molecule has 0 saturated carbocycles. The van der Waals surface area contributed by atoms with Crippen molar-refractivity contribution in [1.29, 1.82) is 0 Å². The van der Waals surface area contributed by atoms with Crippen LogP contribution in [0.2, 0.25) is 0 Å². The molecule has 8 heteroatoms. The quantitative estimate of drug-likeness (QED) is 0.836. The molecule has 2 heterocycles. The summed E-state index contributed by atoms with van der Waals surface area (Å²) in [7, 11) is 1.88. The minimum atomic E-state index is -0.157. The summed E-state index contributed by atoms with van der Waals surface area (Å²) in [5.41, 5.74) is 7.98. The fourth-order valence-electron chi connectivity index (χ4n) is 1.95. The maximum Gasteiger partial charge on any atom is 0.271 e. The minimum absolute atomic E-state index is 0. The second kappa shape index (κ2) is 8.11. The van der Waals surface area contributed by atoms with E-state index >= 15 is 0 Å². The number of carbonyl (C=O) groups excluding carboxylic acids is 1. The molecule has 0 aliphatic heterocycles. The van der Waals surface area contributed by atoms with E-state index in [1.807, 2.05) is 20.2 Å². The van der Waals surface area contributed by atoms with E-state index in [9.17, 15) is 4.79 Å². The van der Waals surface area contributed by atoms with E-state index in [0.29, 0.717) is 25.2 Å². The Kier molecular flexibility index (Phi) is 6.80. The molecule has 0 aromatic carbocycles. The number of thiazole rings is 1. The molecule has 2 rings (SSSR count). The maximum atomic E-state index is 12.0. The highest BCUT2D eigenvalue weighted by molar-refractivity contribution is 7.09. The van der Waals surface area contributed by atoms with Crippen LogP contribution >= 0.6 is 23.7 Å². The number of aromatic nitrogens is 3. The third-order valence-electron chi connectivity index (χ3n) is 2.91. The average Bonchev–Trinajstić information content (AvgIpc) is 3.03. The molecule has 0 fully saturated rings. The third kappa shape index (κ3) is 4.52. The zero-order valence-corrected chi connectivity index (χ0v) is 13.8. The first-order valence-corrected chi connectivity index (χ1v) is 7.46. The van der Waals surface area contributed by atoms with E-state index in [1.165, 1.54) is 11.3 Å². The Morgan fingerprint density at radius 2 is 2.29 bits per heavy atom.